The number of fused-ring (bicyclic) bond motifs is 1. The molecule has 0 aliphatic heterocycles. The molecule has 0 bridgehead atoms. The van der Waals surface area contributed by atoms with Gasteiger partial charge in [0.05, 0.1) is 0 Å². The molecule has 100 valence electrons. The van der Waals surface area contributed by atoms with Crippen LogP contribution in [0.4, 0.5) is 0 Å². The Bertz CT molecular complexity index is 797. The van der Waals surface area contributed by atoms with Crippen LogP contribution in [-0.2, 0) is 16.4 Å². The van der Waals surface area contributed by atoms with E-state index in [1.54, 1.807) is 23.7 Å². The molecule has 0 spiro atoms. The third kappa shape index (κ3) is 2.02. The second-order valence-corrected chi connectivity index (χ2v) is 7.95. The number of nitrogens with zero attached hydrogens (tertiary/aromatic N) is 1. The van der Waals surface area contributed by atoms with E-state index in [-0.39, 0.29) is 0 Å². The van der Waals surface area contributed by atoms with Crippen molar-refractivity contribution in [3.63, 3.8) is 0 Å². The molecule has 0 aliphatic rings. The van der Waals surface area contributed by atoms with Crippen molar-refractivity contribution >= 4 is 42.9 Å². The molecule has 0 radical (unpaired) electrons. The zero-order valence-electron chi connectivity index (χ0n) is 9.94. The summed E-state index contributed by atoms with van der Waals surface area (Å²) in [6.45, 7) is 0.508. The summed E-state index contributed by atoms with van der Waals surface area (Å²) in [6, 6.07) is 5.32. The number of hydrogen-bond donors (Lipinski definition) is 1. The maximum atomic E-state index is 12.6. The van der Waals surface area contributed by atoms with Crippen molar-refractivity contribution in [3.05, 3.63) is 40.7 Å². The van der Waals surface area contributed by atoms with E-state index in [4.69, 9.17) is 5.73 Å². The summed E-state index contributed by atoms with van der Waals surface area (Å²) < 4.78 is 26.9. The largest absolute Gasteiger partial charge is 0.330 e. The Kier molecular flexibility index (Phi) is 3.22. The van der Waals surface area contributed by atoms with Crippen LogP contribution < -0.4 is 5.73 Å². The Labute approximate surface area is 119 Å². The highest BCUT2D eigenvalue weighted by molar-refractivity contribution is 7.92. The summed E-state index contributed by atoms with van der Waals surface area (Å²) in [5.41, 5.74) is 6.57. The minimum atomic E-state index is -3.48. The second kappa shape index (κ2) is 4.75. The molecule has 2 N–H and O–H groups in total. The zero-order chi connectivity index (χ0) is 13.5. The normalized spacial score (nSPS) is 12.3. The molecule has 7 heteroatoms. The van der Waals surface area contributed by atoms with Crippen LogP contribution in [-0.4, -0.2) is 18.9 Å². The third-order valence-corrected chi connectivity index (χ3v) is 6.95. The fourth-order valence-electron chi connectivity index (χ4n) is 2.03. The number of rotatable bonds is 4. The van der Waals surface area contributed by atoms with Gasteiger partial charge < -0.3 is 5.73 Å². The highest BCUT2D eigenvalue weighted by Gasteiger charge is 2.22. The fourth-order valence-corrected chi connectivity index (χ4v) is 5.64. The Balaban J connectivity index is 2.23. The molecule has 0 fully saturated rings. The lowest BCUT2D eigenvalue weighted by Gasteiger charge is -2.03. The molecule has 0 atom stereocenters. The average Bonchev–Trinajstić information content (AvgIpc) is 3.07. The Hall–Kier alpha value is -1.15. The zero-order valence-corrected chi connectivity index (χ0v) is 12.4. The molecule has 0 saturated heterocycles. The topological polar surface area (TPSA) is 65.1 Å². The summed E-state index contributed by atoms with van der Waals surface area (Å²) in [6.07, 6.45) is 2.38. The minimum Gasteiger partial charge on any atom is -0.330 e. The first-order valence-electron chi connectivity index (χ1n) is 5.71. The van der Waals surface area contributed by atoms with Gasteiger partial charge in [-0.1, -0.05) is 6.07 Å². The van der Waals surface area contributed by atoms with Crippen molar-refractivity contribution in [3.8, 4) is 0 Å². The summed E-state index contributed by atoms with van der Waals surface area (Å²) in [7, 11) is -3.48. The fraction of sp³-hybridized carbons (Fsp3) is 0.167. The molecule has 0 unspecified atom stereocenters. The van der Waals surface area contributed by atoms with Gasteiger partial charge in [-0.25, -0.2) is 3.97 Å². The molecule has 19 heavy (non-hydrogen) atoms. The quantitative estimate of drug-likeness (QED) is 0.805. The van der Waals surface area contributed by atoms with Crippen molar-refractivity contribution in [2.24, 2.45) is 5.73 Å². The SMILES string of the molecule is NCCc1cn(S(=O)(=O)c2cccs2)c2sccc12. The van der Waals surface area contributed by atoms with Crippen molar-refractivity contribution in [1.29, 1.82) is 0 Å². The number of nitrogens with two attached hydrogens (primary N) is 1. The van der Waals surface area contributed by atoms with Gasteiger partial charge in [-0.15, -0.1) is 22.7 Å². The molecular formula is C12H12N2O2S3. The Morgan fingerprint density at radius 2 is 2.05 bits per heavy atom. The van der Waals surface area contributed by atoms with Gasteiger partial charge in [-0.2, -0.15) is 8.42 Å². The molecule has 0 aromatic carbocycles. The predicted octanol–water partition coefficient (Wildman–Crippen LogP) is 2.50. The maximum Gasteiger partial charge on any atom is 0.278 e. The molecule has 3 aromatic rings. The van der Waals surface area contributed by atoms with E-state index in [2.05, 4.69) is 0 Å². The van der Waals surface area contributed by atoms with Crippen molar-refractivity contribution < 1.29 is 8.42 Å². The maximum absolute atomic E-state index is 12.6. The van der Waals surface area contributed by atoms with Crippen LogP contribution in [0.25, 0.3) is 10.2 Å². The summed E-state index contributed by atoms with van der Waals surface area (Å²) >= 11 is 2.66. The van der Waals surface area contributed by atoms with Gasteiger partial charge in [-0.05, 0) is 41.4 Å². The number of aromatic nitrogens is 1. The van der Waals surface area contributed by atoms with E-state index in [0.717, 1.165) is 15.8 Å². The lowest BCUT2D eigenvalue weighted by atomic mass is 10.2. The van der Waals surface area contributed by atoms with Crippen LogP contribution in [0.5, 0.6) is 0 Å². The molecule has 0 aliphatic carbocycles. The van der Waals surface area contributed by atoms with E-state index < -0.39 is 10.0 Å². The third-order valence-electron chi connectivity index (χ3n) is 2.89. The van der Waals surface area contributed by atoms with Gasteiger partial charge in [0.2, 0.25) is 0 Å². The summed E-state index contributed by atoms with van der Waals surface area (Å²) in [5.74, 6) is 0. The highest BCUT2D eigenvalue weighted by Crippen LogP contribution is 2.31. The first kappa shape index (κ1) is 12.9. The predicted molar refractivity (Wildman–Crippen MR) is 79.5 cm³/mol. The first-order chi connectivity index (χ1) is 9.14. The van der Waals surface area contributed by atoms with Gasteiger partial charge >= 0.3 is 0 Å². The molecule has 3 aromatic heterocycles. The lowest BCUT2D eigenvalue weighted by Crippen LogP contribution is -2.10. The van der Waals surface area contributed by atoms with E-state index >= 15 is 0 Å². The summed E-state index contributed by atoms with van der Waals surface area (Å²) in [4.78, 5) is 0.761. The van der Waals surface area contributed by atoms with Gasteiger partial charge in [-0.3, -0.25) is 0 Å². The van der Waals surface area contributed by atoms with Crippen molar-refractivity contribution in [1.82, 2.24) is 3.97 Å². The summed E-state index contributed by atoms with van der Waals surface area (Å²) in [5, 5.41) is 4.66. The van der Waals surface area contributed by atoms with Gasteiger partial charge in [0.1, 0.15) is 9.04 Å². The van der Waals surface area contributed by atoms with Crippen LogP contribution in [0.1, 0.15) is 5.56 Å². The molecular weight excluding hydrogens is 300 g/mol. The van der Waals surface area contributed by atoms with Crippen LogP contribution in [0, 0.1) is 0 Å². The van der Waals surface area contributed by atoms with Crippen LogP contribution >= 0.6 is 22.7 Å². The van der Waals surface area contributed by atoms with E-state index in [0.29, 0.717) is 17.2 Å². The molecule has 0 saturated carbocycles. The van der Waals surface area contributed by atoms with Crippen molar-refractivity contribution in [2.45, 2.75) is 10.6 Å². The number of hydrogen-bond acceptors (Lipinski definition) is 5. The van der Waals surface area contributed by atoms with E-state index in [9.17, 15) is 8.42 Å². The Morgan fingerprint density at radius 3 is 2.74 bits per heavy atom. The van der Waals surface area contributed by atoms with Crippen LogP contribution in [0.2, 0.25) is 0 Å². The van der Waals surface area contributed by atoms with Gasteiger partial charge in [0.25, 0.3) is 10.0 Å². The highest BCUT2D eigenvalue weighted by atomic mass is 32.2. The van der Waals surface area contributed by atoms with Crippen LogP contribution in [0.3, 0.4) is 0 Å². The Morgan fingerprint density at radius 1 is 1.21 bits per heavy atom. The van der Waals surface area contributed by atoms with Gasteiger partial charge in [0.15, 0.2) is 0 Å². The average molecular weight is 312 g/mol. The smallest absolute Gasteiger partial charge is 0.278 e. The molecule has 3 heterocycles. The standard InChI is InChI=1S/C12H12N2O2S3/c13-5-3-9-8-14(12-10(9)4-7-18-12)19(15,16)11-2-1-6-17-11/h1-2,4,6-8H,3,5,13H2. The molecule has 4 nitrogen and oxygen atoms in total. The van der Waals surface area contributed by atoms with Gasteiger partial charge in [0, 0.05) is 11.6 Å². The minimum absolute atomic E-state index is 0.358. The molecule has 0 amide bonds. The van der Waals surface area contributed by atoms with Crippen molar-refractivity contribution in [2.75, 3.05) is 6.54 Å². The van der Waals surface area contributed by atoms with E-state index in [1.165, 1.54) is 26.6 Å². The molecule has 3 rings (SSSR count). The second-order valence-electron chi connectivity index (χ2n) is 4.07. The monoisotopic (exact) mass is 312 g/mol. The van der Waals surface area contributed by atoms with Crippen LogP contribution in [0.15, 0.2) is 39.4 Å². The number of thiophene rings is 2. The lowest BCUT2D eigenvalue weighted by molar-refractivity contribution is 0.591. The first-order valence-corrected chi connectivity index (χ1v) is 8.91. The van der Waals surface area contributed by atoms with E-state index in [1.807, 2.05) is 11.4 Å².